The largest absolute Gasteiger partial charge is 0.493 e. The Labute approximate surface area is 190 Å². The van der Waals surface area contributed by atoms with Gasteiger partial charge in [0, 0.05) is 17.3 Å². The number of amides is 1. The molecule has 4 rings (SSSR count). The normalized spacial score (nSPS) is 10.8. The Bertz CT molecular complexity index is 1250. The zero-order valence-electron chi connectivity index (χ0n) is 17.8. The van der Waals surface area contributed by atoms with Crippen molar-refractivity contribution in [3.05, 3.63) is 96.4 Å². The molecule has 0 atom stereocenters. The van der Waals surface area contributed by atoms with Gasteiger partial charge in [-0.1, -0.05) is 30.3 Å². The average molecular weight is 444 g/mol. The van der Waals surface area contributed by atoms with Crippen molar-refractivity contribution in [2.24, 2.45) is 5.10 Å². The number of benzene rings is 3. The van der Waals surface area contributed by atoms with E-state index in [1.54, 1.807) is 41.2 Å². The van der Waals surface area contributed by atoms with Gasteiger partial charge in [0.05, 0.1) is 19.0 Å². The number of methoxy groups -OCH3 is 1. The molecule has 0 aliphatic carbocycles. The van der Waals surface area contributed by atoms with Gasteiger partial charge in [-0.25, -0.2) is 14.5 Å². The molecule has 0 radical (unpaired) electrons. The van der Waals surface area contributed by atoms with Crippen molar-refractivity contribution < 1.29 is 18.7 Å². The molecule has 3 aromatic carbocycles. The number of hydrogen-bond acceptors (Lipinski definition) is 5. The molecule has 4 aromatic rings. The number of hydrazone groups is 1. The number of para-hydroxylation sites is 3. The molecular weight excluding hydrogens is 423 g/mol. The van der Waals surface area contributed by atoms with Gasteiger partial charge >= 0.3 is 0 Å². The van der Waals surface area contributed by atoms with Crippen molar-refractivity contribution in [2.75, 3.05) is 13.7 Å². The van der Waals surface area contributed by atoms with Crippen molar-refractivity contribution in [2.45, 2.75) is 0 Å². The van der Waals surface area contributed by atoms with E-state index < -0.39 is 5.91 Å². The predicted molar refractivity (Wildman–Crippen MR) is 123 cm³/mol. The van der Waals surface area contributed by atoms with E-state index in [1.165, 1.54) is 25.5 Å². The highest BCUT2D eigenvalue weighted by molar-refractivity contribution is 5.89. The smallest absolute Gasteiger partial charge is 0.277 e. The van der Waals surface area contributed by atoms with E-state index in [9.17, 15) is 9.18 Å². The number of ether oxygens (including phenoxy) is 2. The van der Waals surface area contributed by atoms with Crippen LogP contribution in [0.5, 0.6) is 11.5 Å². The highest BCUT2D eigenvalue weighted by Gasteiger charge is 2.12. The van der Waals surface area contributed by atoms with Crippen LogP contribution in [0.2, 0.25) is 0 Å². The minimum absolute atomic E-state index is 0.230. The Kier molecular flexibility index (Phi) is 6.75. The second-order valence-electron chi connectivity index (χ2n) is 6.95. The van der Waals surface area contributed by atoms with Gasteiger partial charge in [-0.2, -0.15) is 10.2 Å². The Morgan fingerprint density at radius 2 is 1.73 bits per heavy atom. The Morgan fingerprint density at radius 3 is 2.45 bits per heavy atom. The van der Waals surface area contributed by atoms with Gasteiger partial charge in [-0.3, -0.25) is 4.79 Å². The second kappa shape index (κ2) is 10.2. The van der Waals surface area contributed by atoms with Crippen LogP contribution in [0.4, 0.5) is 4.39 Å². The number of nitrogens with one attached hydrogen (secondary N) is 1. The summed E-state index contributed by atoms with van der Waals surface area (Å²) in [6.07, 6.45) is 3.28. The molecule has 1 aromatic heterocycles. The number of aromatic nitrogens is 2. The maximum atomic E-state index is 13.4. The fourth-order valence-corrected chi connectivity index (χ4v) is 3.11. The Hall–Kier alpha value is -4.46. The van der Waals surface area contributed by atoms with Crippen molar-refractivity contribution in [1.82, 2.24) is 15.2 Å². The third kappa shape index (κ3) is 5.43. The molecular formula is C25H21FN4O3. The van der Waals surface area contributed by atoms with E-state index in [1.807, 2.05) is 36.4 Å². The number of hydrogen-bond donors (Lipinski definition) is 1. The third-order valence-corrected chi connectivity index (χ3v) is 4.70. The van der Waals surface area contributed by atoms with Gasteiger partial charge in [0.1, 0.15) is 11.5 Å². The number of halogens is 1. The lowest BCUT2D eigenvalue weighted by Gasteiger charge is -2.09. The molecule has 1 N–H and O–H groups in total. The number of carbonyl (C=O) groups is 1. The summed E-state index contributed by atoms with van der Waals surface area (Å²) in [5, 5.41) is 8.67. The summed E-state index contributed by atoms with van der Waals surface area (Å²) in [4.78, 5) is 12.2. The van der Waals surface area contributed by atoms with Crippen molar-refractivity contribution in [3.8, 4) is 28.4 Å². The number of carbonyl (C=O) groups excluding carboxylic acids is 1. The van der Waals surface area contributed by atoms with Gasteiger partial charge in [0.2, 0.25) is 0 Å². The minimum atomic E-state index is -0.434. The summed E-state index contributed by atoms with van der Waals surface area (Å²) in [5.41, 5.74) is 5.27. The standard InChI is InChI=1S/C25H21FN4O3/c1-32-22-9-5-6-10-23(22)33-17-24(31)28-27-15-19-16-30(21-7-3-2-4-8-21)29-25(19)18-11-13-20(26)14-12-18/h2-16H,17H2,1H3,(H,28,31). The van der Waals surface area contributed by atoms with Crippen molar-refractivity contribution >= 4 is 12.1 Å². The van der Waals surface area contributed by atoms with Gasteiger partial charge < -0.3 is 9.47 Å². The second-order valence-corrected chi connectivity index (χ2v) is 6.95. The first-order valence-corrected chi connectivity index (χ1v) is 10.1. The van der Waals surface area contributed by atoms with Crippen LogP contribution >= 0.6 is 0 Å². The Balaban J connectivity index is 1.49. The Morgan fingerprint density at radius 1 is 1.03 bits per heavy atom. The maximum Gasteiger partial charge on any atom is 0.277 e. The third-order valence-electron chi connectivity index (χ3n) is 4.70. The summed E-state index contributed by atoms with van der Waals surface area (Å²) >= 11 is 0. The summed E-state index contributed by atoms with van der Waals surface area (Å²) in [7, 11) is 1.53. The van der Waals surface area contributed by atoms with E-state index in [-0.39, 0.29) is 12.4 Å². The molecule has 1 amide bonds. The van der Waals surface area contributed by atoms with Gasteiger partial charge in [0.25, 0.3) is 5.91 Å². The molecule has 0 aliphatic heterocycles. The van der Waals surface area contributed by atoms with Crippen LogP contribution in [0.25, 0.3) is 16.9 Å². The van der Waals surface area contributed by atoms with Crippen LogP contribution < -0.4 is 14.9 Å². The van der Waals surface area contributed by atoms with Crippen LogP contribution in [-0.2, 0) is 4.79 Å². The first-order chi connectivity index (χ1) is 16.1. The topological polar surface area (TPSA) is 77.7 Å². The van der Waals surface area contributed by atoms with Gasteiger partial charge in [0.15, 0.2) is 18.1 Å². The molecule has 0 aliphatic rings. The van der Waals surface area contributed by atoms with Crippen LogP contribution in [0.1, 0.15) is 5.56 Å². The molecule has 0 saturated heterocycles. The first-order valence-electron chi connectivity index (χ1n) is 10.1. The molecule has 7 nitrogen and oxygen atoms in total. The van der Waals surface area contributed by atoms with E-state index in [0.29, 0.717) is 22.8 Å². The minimum Gasteiger partial charge on any atom is -0.493 e. The molecule has 33 heavy (non-hydrogen) atoms. The lowest BCUT2D eigenvalue weighted by molar-refractivity contribution is -0.123. The monoisotopic (exact) mass is 444 g/mol. The number of rotatable bonds is 8. The first kappa shape index (κ1) is 21.8. The average Bonchev–Trinajstić information content (AvgIpc) is 3.28. The fourth-order valence-electron chi connectivity index (χ4n) is 3.11. The summed E-state index contributed by atoms with van der Waals surface area (Å²) in [5.74, 6) is 0.225. The van der Waals surface area contributed by atoms with E-state index in [4.69, 9.17) is 9.47 Å². The van der Waals surface area contributed by atoms with E-state index >= 15 is 0 Å². The van der Waals surface area contributed by atoms with Crippen molar-refractivity contribution in [3.63, 3.8) is 0 Å². The SMILES string of the molecule is COc1ccccc1OCC(=O)NN=Cc1cn(-c2ccccc2)nc1-c1ccc(F)cc1. The van der Waals surface area contributed by atoms with Crippen LogP contribution in [0.15, 0.2) is 90.2 Å². The molecule has 0 unspecified atom stereocenters. The lowest BCUT2D eigenvalue weighted by atomic mass is 10.1. The van der Waals surface area contributed by atoms with Crippen LogP contribution in [-0.4, -0.2) is 35.6 Å². The maximum absolute atomic E-state index is 13.4. The van der Waals surface area contributed by atoms with Gasteiger partial charge in [-0.05, 0) is 48.5 Å². The summed E-state index contributed by atoms with van der Waals surface area (Å²) in [6, 6.07) is 22.6. The molecule has 0 saturated carbocycles. The molecule has 0 bridgehead atoms. The zero-order valence-corrected chi connectivity index (χ0v) is 17.8. The summed E-state index contributed by atoms with van der Waals surface area (Å²) < 4.78 is 25.8. The molecule has 8 heteroatoms. The fraction of sp³-hybridized carbons (Fsp3) is 0.0800. The molecule has 0 fully saturated rings. The molecule has 0 spiro atoms. The van der Waals surface area contributed by atoms with E-state index in [2.05, 4.69) is 15.6 Å². The number of nitrogens with zero attached hydrogens (tertiary/aromatic N) is 3. The van der Waals surface area contributed by atoms with Gasteiger partial charge in [-0.15, -0.1) is 0 Å². The van der Waals surface area contributed by atoms with E-state index in [0.717, 1.165) is 11.3 Å². The predicted octanol–water partition coefficient (Wildman–Crippen LogP) is 4.22. The summed E-state index contributed by atoms with van der Waals surface area (Å²) in [6.45, 7) is -0.230. The molecule has 1 heterocycles. The highest BCUT2D eigenvalue weighted by atomic mass is 19.1. The zero-order chi connectivity index (χ0) is 23.0. The highest BCUT2D eigenvalue weighted by Crippen LogP contribution is 2.25. The quantitative estimate of drug-likeness (QED) is 0.326. The molecule has 166 valence electrons. The van der Waals surface area contributed by atoms with Crippen LogP contribution in [0.3, 0.4) is 0 Å². The van der Waals surface area contributed by atoms with Crippen LogP contribution in [0, 0.1) is 5.82 Å². The van der Waals surface area contributed by atoms with Crippen molar-refractivity contribution in [1.29, 1.82) is 0 Å². The lowest BCUT2D eigenvalue weighted by Crippen LogP contribution is -2.24.